The summed E-state index contributed by atoms with van der Waals surface area (Å²) in [7, 11) is -3.87. The van der Waals surface area contributed by atoms with Gasteiger partial charge in [0.05, 0.1) is 21.6 Å². The Morgan fingerprint density at radius 3 is 2.40 bits per heavy atom. The number of imidazole rings is 1. The van der Waals surface area contributed by atoms with Crippen molar-refractivity contribution in [3.8, 4) is 5.75 Å². The molecule has 4 rings (SSSR count). The molecule has 4 N–H and O–H groups in total. The lowest BCUT2D eigenvalue weighted by atomic mass is 10.1. The number of phenols is 1. The maximum atomic E-state index is 12.7. The first-order valence-electron chi connectivity index (χ1n) is 7.40. The quantitative estimate of drug-likeness (QED) is 0.423. The first kappa shape index (κ1) is 15.3. The molecule has 0 amide bonds. The fraction of sp³-hybridized carbons (Fsp3) is 0. The summed E-state index contributed by atoms with van der Waals surface area (Å²) in [5, 5.41) is 11.1. The van der Waals surface area contributed by atoms with Crippen molar-refractivity contribution < 1.29 is 13.5 Å². The van der Waals surface area contributed by atoms with E-state index in [1.165, 1.54) is 30.3 Å². The lowest BCUT2D eigenvalue weighted by Gasteiger charge is -2.11. The molecule has 25 heavy (non-hydrogen) atoms. The van der Waals surface area contributed by atoms with E-state index in [0.717, 1.165) is 0 Å². The van der Waals surface area contributed by atoms with E-state index in [9.17, 15) is 18.3 Å². The Bertz CT molecular complexity index is 1270. The molecule has 0 aliphatic carbocycles. The van der Waals surface area contributed by atoms with Crippen molar-refractivity contribution >= 4 is 37.5 Å². The van der Waals surface area contributed by atoms with Crippen LogP contribution in [0.5, 0.6) is 5.75 Å². The SMILES string of the molecule is O=c1[nH]c2ccc(S(=O)(=O)Nc3ccc(O)c4ccccc34)cc2[nH]1. The predicted octanol–water partition coefficient (Wildman–Crippen LogP) is 2.52. The van der Waals surface area contributed by atoms with Crippen LogP contribution in [0.4, 0.5) is 5.69 Å². The Balaban J connectivity index is 1.81. The fourth-order valence-electron chi connectivity index (χ4n) is 2.75. The normalized spacial score (nSPS) is 11.8. The largest absolute Gasteiger partial charge is 0.507 e. The molecule has 7 nitrogen and oxygen atoms in total. The van der Waals surface area contributed by atoms with Gasteiger partial charge in [0.25, 0.3) is 10.0 Å². The van der Waals surface area contributed by atoms with Gasteiger partial charge in [0.1, 0.15) is 5.75 Å². The number of hydrogen-bond acceptors (Lipinski definition) is 4. The van der Waals surface area contributed by atoms with Crippen LogP contribution in [0.25, 0.3) is 21.8 Å². The molecule has 0 unspecified atom stereocenters. The van der Waals surface area contributed by atoms with E-state index in [1.807, 2.05) is 0 Å². The van der Waals surface area contributed by atoms with Gasteiger partial charge in [0.2, 0.25) is 0 Å². The number of phenolic OH excluding ortho intramolecular Hbond substituents is 1. The topological polar surface area (TPSA) is 115 Å². The molecule has 0 aliphatic rings. The minimum Gasteiger partial charge on any atom is -0.507 e. The molecule has 126 valence electrons. The summed E-state index contributed by atoms with van der Waals surface area (Å²) in [4.78, 5) is 16.4. The van der Waals surface area contributed by atoms with Crippen LogP contribution in [0.15, 0.2) is 64.3 Å². The third-order valence-corrected chi connectivity index (χ3v) is 5.31. The lowest BCUT2D eigenvalue weighted by molar-refractivity contribution is 0.481. The van der Waals surface area contributed by atoms with Gasteiger partial charge in [-0.3, -0.25) is 4.72 Å². The van der Waals surface area contributed by atoms with E-state index in [2.05, 4.69) is 14.7 Å². The number of benzene rings is 3. The number of aromatic amines is 2. The van der Waals surface area contributed by atoms with E-state index in [-0.39, 0.29) is 10.6 Å². The van der Waals surface area contributed by atoms with Gasteiger partial charge in [-0.2, -0.15) is 0 Å². The Morgan fingerprint density at radius 2 is 1.60 bits per heavy atom. The summed E-state index contributed by atoms with van der Waals surface area (Å²) in [6.07, 6.45) is 0. The molecule has 0 atom stereocenters. The van der Waals surface area contributed by atoms with E-state index in [0.29, 0.717) is 27.5 Å². The smallest absolute Gasteiger partial charge is 0.323 e. The monoisotopic (exact) mass is 355 g/mol. The maximum Gasteiger partial charge on any atom is 0.323 e. The van der Waals surface area contributed by atoms with Crippen molar-refractivity contribution in [2.24, 2.45) is 0 Å². The summed E-state index contributed by atoms with van der Waals surface area (Å²) in [6, 6.07) is 14.2. The minimum atomic E-state index is -3.87. The highest BCUT2D eigenvalue weighted by atomic mass is 32.2. The molecule has 0 saturated heterocycles. The van der Waals surface area contributed by atoms with Gasteiger partial charge >= 0.3 is 5.69 Å². The molecule has 0 bridgehead atoms. The summed E-state index contributed by atoms with van der Waals surface area (Å²) in [5.74, 6) is 0.0739. The van der Waals surface area contributed by atoms with Gasteiger partial charge in [0, 0.05) is 10.8 Å². The van der Waals surface area contributed by atoms with Gasteiger partial charge in [-0.05, 0) is 30.3 Å². The van der Waals surface area contributed by atoms with Crippen molar-refractivity contribution in [2.75, 3.05) is 4.72 Å². The van der Waals surface area contributed by atoms with Crippen molar-refractivity contribution in [3.05, 3.63) is 65.1 Å². The second-order valence-corrected chi connectivity index (χ2v) is 7.25. The minimum absolute atomic E-state index is 0.0207. The van der Waals surface area contributed by atoms with Crippen LogP contribution in [0.2, 0.25) is 0 Å². The highest BCUT2D eigenvalue weighted by molar-refractivity contribution is 7.92. The first-order valence-corrected chi connectivity index (χ1v) is 8.88. The number of rotatable bonds is 3. The Hall–Kier alpha value is -3.26. The number of aromatic nitrogens is 2. The number of aromatic hydroxyl groups is 1. The van der Waals surface area contributed by atoms with Gasteiger partial charge < -0.3 is 15.1 Å². The number of nitrogens with one attached hydrogen (secondary N) is 3. The van der Waals surface area contributed by atoms with Crippen molar-refractivity contribution in [1.82, 2.24) is 9.97 Å². The predicted molar refractivity (Wildman–Crippen MR) is 95.3 cm³/mol. The number of fused-ring (bicyclic) bond motifs is 2. The van der Waals surface area contributed by atoms with E-state index in [1.54, 1.807) is 24.3 Å². The zero-order chi connectivity index (χ0) is 17.6. The molecule has 8 heteroatoms. The average Bonchev–Trinajstić information content (AvgIpc) is 2.97. The first-order chi connectivity index (χ1) is 11.9. The van der Waals surface area contributed by atoms with Crippen molar-refractivity contribution in [2.45, 2.75) is 4.90 Å². The molecular formula is C17H13N3O4S. The number of sulfonamides is 1. The summed E-state index contributed by atoms with van der Waals surface area (Å²) in [6.45, 7) is 0. The van der Waals surface area contributed by atoms with Gasteiger partial charge in [-0.1, -0.05) is 24.3 Å². The Morgan fingerprint density at radius 1 is 0.880 bits per heavy atom. The van der Waals surface area contributed by atoms with Crippen LogP contribution in [-0.2, 0) is 10.0 Å². The van der Waals surface area contributed by atoms with Gasteiger partial charge in [0.15, 0.2) is 0 Å². The maximum absolute atomic E-state index is 12.7. The molecule has 1 heterocycles. The summed E-state index contributed by atoms with van der Waals surface area (Å²) >= 11 is 0. The van der Waals surface area contributed by atoms with Gasteiger partial charge in [-0.25, -0.2) is 13.2 Å². The molecular weight excluding hydrogens is 342 g/mol. The third kappa shape index (κ3) is 2.62. The van der Waals surface area contributed by atoms with Crippen LogP contribution >= 0.6 is 0 Å². The van der Waals surface area contributed by atoms with E-state index >= 15 is 0 Å². The molecule has 0 saturated carbocycles. The lowest BCUT2D eigenvalue weighted by Crippen LogP contribution is -2.13. The number of anilines is 1. The van der Waals surface area contributed by atoms with Crippen LogP contribution in [0.3, 0.4) is 0 Å². The zero-order valence-corrected chi connectivity index (χ0v) is 13.6. The third-order valence-electron chi connectivity index (χ3n) is 3.94. The molecule has 0 aliphatic heterocycles. The van der Waals surface area contributed by atoms with E-state index < -0.39 is 15.7 Å². The van der Waals surface area contributed by atoms with Crippen molar-refractivity contribution in [3.63, 3.8) is 0 Å². The molecule has 1 aromatic heterocycles. The molecule has 3 aromatic carbocycles. The van der Waals surface area contributed by atoms with Gasteiger partial charge in [-0.15, -0.1) is 0 Å². The van der Waals surface area contributed by atoms with Crippen LogP contribution in [0.1, 0.15) is 0 Å². The van der Waals surface area contributed by atoms with E-state index in [4.69, 9.17) is 0 Å². The van der Waals surface area contributed by atoms with Crippen LogP contribution in [0, 0.1) is 0 Å². The molecule has 0 radical (unpaired) electrons. The Kier molecular flexibility index (Phi) is 3.29. The number of H-pyrrole nitrogens is 2. The van der Waals surface area contributed by atoms with Crippen molar-refractivity contribution in [1.29, 1.82) is 0 Å². The Labute approximate surface area is 142 Å². The van der Waals surface area contributed by atoms with Crippen LogP contribution < -0.4 is 10.4 Å². The molecule has 0 spiro atoms. The fourth-order valence-corrected chi connectivity index (χ4v) is 3.86. The second kappa shape index (κ2) is 5.38. The highest BCUT2D eigenvalue weighted by Crippen LogP contribution is 2.32. The molecule has 0 fully saturated rings. The number of hydrogen-bond donors (Lipinski definition) is 4. The average molecular weight is 355 g/mol. The zero-order valence-electron chi connectivity index (χ0n) is 12.8. The molecule has 4 aromatic rings. The summed E-state index contributed by atoms with van der Waals surface area (Å²) < 4.78 is 27.9. The standard InChI is InChI=1S/C17H13N3O4S/c21-16-8-7-13(11-3-1-2-4-12(11)16)20-25(23,24)10-5-6-14-15(9-10)19-17(22)18-14/h1-9,20-21H,(H2,18,19,22). The van der Waals surface area contributed by atoms with Crippen LogP contribution in [-0.4, -0.2) is 23.5 Å². The highest BCUT2D eigenvalue weighted by Gasteiger charge is 2.17. The summed E-state index contributed by atoms with van der Waals surface area (Å²) in [5.41, 5.74) is 0.889. The second-order valence-electron chi connectivity index (χ2n) is 5.57.